The van der Waals surface area contributed by atoms with Crippen LogP contribution in [0.25, 0.3) is 10.8 Å². The number of aliphatic hydroxyl groups excluding tert-OH is 1. The van der Waals surface area contributed by atoms with Gasteiger partial charge in [-0.2, -0.15) is 0 Å². The highest BCUT2D eigenvalue weighted by Crippen LogP contribution is 2.43. The number of hydrogen-bond donors (Lipinski definition) is 2. The first-order chi connectivity index (χ1) is 28.6. The van der Waals surface area contributed by atoms with Crippen molar-refractivity contribution in [1.82, 2.24) is 9.80 Å². The number of carbonyl (C=O) groups is 5. The Bertz CT molecular complexity index is 1930. The van der Waals surface area contributed by atoms with E-state index in [4.69, 9.17) is 28.4 Å². The first-order valence-corrected chi connectivity index (χ1v) is 21.2. The lowest BCUT2D eigenvalue weighted by molar-refractivity contribution is -0.295. The van der Waals surface area contributed by atoms with Crippen molar-refractivity contribution in [2.75, 3.05) is 39.7 Å². The Morgan fingerprint density at radius 2 is 1.69 bits per heavy atom. The van der Waals surface area contributed by atoms with E-state index < -0.39 is 89.2 Å². The summed E-state index contributed by atoms with van der Waals surface area (Å²) in [5.74, 6) is -6.11. The molecule has 3 fully saturated rings. The van der Waals surface area contributed by atoms with E-state index in [1.165, 1.54) is 25.9 Å². The molecule has 0 radical (unpaired) electrons. The number of rotatable bonds is 10. The Hall–Kier alpha value is -4.22. The number of carbonyl (C=O) groups excluding carboxylic acids is 5. The highest BCUT2D eigenvalue weighted by atomic mass is 19.1. The van der Waals surface area contributed by atoms with Crippen molar-refractivity contribution in [2.45, 2.75) is 141 Å². The molecule has 2 aromatic carbocycles. The Kier molecular flexibility index (Phi) is 14.9. The number of benzene rings is 2. The van der Waals surface area contributed by atoms with Crippen molar-refractivity contribution >= 4 is 46.2 Å². The SMILES string of the molecule is CC[C@H]1OC(=O)[C@@](C)(F)C(=O)[C@H](C)[C@@H](O[C@@H]2O[C@H](C)C[C@H](N(C)C)[C@H]2O)[C@](C)(OC)C[C@@H](C)C(=O)[C@H](C)[C@H]2N(CCCOC(=O)Nc3ccc4ccccc4c3)C(=O)O[C@]12C. The molecule has 0 saturated carbocycles. The topological polar surface area (TPSA) is 179 Å². The summed E-state index contributed by atoms with van der Waals surface area (Å²) in [7, 11) is 5.00. The maximum Gasteiger partial charge on any atom is 0.411 e. The predicted octanol–water partition coefficient (Wildman–Crippen LogP) is 6.07. The van der Waals surface area contributed by atoms with Gasteiger partial charge in [0.15, 0.2) is 17.7 Å². The largest absolute Gasteiger partial charge is 0.455 e. The van der Waals surface area contributed by atoms with Crippen molar-refractivity contribution in [3.63, 3.8) is 0 Å². The molecule has 0 unspecified atom stereocenters. The number of nitrogens with zero attached hydrogens (tertiary/aromatic N) is 2. The molecular formula is C45H64FN3O12. The van der Waals surface area contributed by atoms with Crippen LogP contribution in [0.15, 0.2) is 42.5 Å². The standard InChI is InChI=1S/C45H64FN3O12/c1-12-33-45(8)36(49(42(55)61-45)20-15-21-57-41(54)47-31-19-18-29-16-13-14-17-30(29)23-31)27(4)34(50)25(2)24-43(6,56-11)38(28(5)37(52)44(7,46)40(53)59-33)60-39-35(51)32(48(9)10)22-26(3)58-39/h13-14,16-19,23,25-28,32-33,35-36,38-39,51H,12,15,20-22,24H2,1-11H3,(H,47,54)/t25-,26-,27+,28+,32+,33-,35-,36-,38-,39+,43-,44+,45-/m1/s1. The number of ether oxygens (including phenoxy) is 6. The van der Waals surface area contributed by atoms with Crippen LogP contribution in [0.4, 0.5) is 19.7 Å². The maximum atomic E-state index is 16.9. The molecule has 0 spiro atoms. The molecule has 5 rings (SSSR count). The van der Waals surface area contributed by atoms with E-state index in [9.17, 15) is 29.1 Å². The average molecular weight is 858 g/mol. The molecule has 2 amide bonds. The molecule has 13 atom stereocenters. The number of amides is 2. The molecule has 0 aliphatic carbocycles. The second-order valence-electron chi connectivity index (χ2n) is 17.8. The van der Waals surface area contributed by atoms with Crippen LogP contribution in [0.5, 0.6) is 0 Å². The second-order valence-corrected chi connectivity index (χ2v) is 17.8. The summed E-state index contributed by atoms with van der Waals surface area (Å²) in [6, 6.07) is 11.7. The number of ketones is 2. The van der Waals surface area contributed by atoms with Crippen molar-refractivity contribution in [1.29, 1.82) is 0 Å². The van der Waals surface area contributed by atoms with Gasteiger partial charge in [-0.25, -0.2) is 18.8 Å². The second kappa shape index (κ2) is 19.0. The number of methoxy groups -OCH3 is 1. The highest BCUT2D eigenvalue weighted by molar-refractivity contribution is 6.08. The van der Waals surface area contributed by atoms with Gasteiger partial charge in [0.2, 0.25) is 0 Å². The Labute approximate surface area is 357 Å². The minimum absolute atomic E-state index is 0.0165. The van der Waals surface area contributed by atoms with Gasteiger partial charge in [-0.05, 0) is 90.4 Å². The van der Waals surface area contributed by atoms with Crippen LogP contribution >= 0.6 is 0 Å². The van der Waals surface area contributed by atoms with Crippen LogP contribution in [-0.2, 0) is 42.8 Å². The number of likely N-dealkylation sites (N-methyl/N-ethyl adjacent to an activating group) is 1. The van der Waals surface area contributed by atoms with E-state index in [0.29, 0.717) is 12.1 Å². The summed E-state index contributed by atoms with van der Waals surface area (Å²) in [5.41, 5.74) is -5.85. The molecule has 2 aromatic rings. The molecule has 16 heteroatoms. The lowest BCUT2D eigenvalue weighted by atomic mass is 9.73. The molecule has 15 nitrogen and oxygen atoms in total. The quantitative estimate of drug-likeness (QED) is 0.122. The van der Waals surface area contributed by atoms with E-state index >= 15 is 4.39 Å². The van der Waals surface area contributed by atoms with Crippen LogP contribution in [0, 0.1) is 17.8 Å². The number of hydrogen-bond acceptors (Lipinski definition) is 13. The van der Waals surface area contributed by atoms with Crippen molar-refractivity contribution in [3.8, 4) is 0 Å². The van der Waals surface area contributed by atoms with Crippen LogP contribution in [-0.4, -0.2) is 139 Å². The van der Waals surface area contributed by atoms with E-state index in [2.05, 4.69) is 5.32 Å². The van der Waals surface area contributed by atoms with Gasteiger partial charge in [0.25, 0.3) is 5.67 Å². The summed E-state index contributed by atoms with van der Waals surface area (Å²) in [6.45, 7) is 12.1. The molecule has 61 heavy (non-hydrogen) atoms. The zero-order valence-electron chi connectivity index (χ0n) is 37.3. The number of cyclic esters (lactones) is 1. The zero-order valence-corrected chi connectivity index (χ0v) is 37.3. The first-order valence-electron chi connectivity index (χ1n) is 21.2. The number of anilines is 1. The minimum Gasteiger partial charge on any atom is -0.455 e. The van der Waals surface area contributed by atoms with Gasteiger partial charge in [-0.15, -0.1) is 0 Å². The minimum atomic E-state index is -3.22. The average Bonchev–Trinajstić information content (AvgIpc) is 3.48. The fraction of sp³-hybridized carbons (Fsp3) is 0.667. The predicted molar refractivity (Wildman–Crippen MR) is 223 cm³/mol. The number of nitrogens with one attached hydrogen (secondary N) is 1. The molecule has 3 aliphatic rings. The van der Waals surface area contributed by atoms with Crippen molar-refractivity contribution in [3.05, 3.63) is 42.5 Å². The van der Waals surface area contributed by atoms with Gasteiger partial charge in [0.05, 0.1) is 30.5 Å². The van der Waals surface area contributed by atoms with E-state index in [-0.39, 0.29) is 50.3 Å². The van der Waals surface area contributed by atoms with Gasteiger partial charge >= 0.3 is 18.2 Å². The third kappa shape index (κ3) is 9.88. The molecule has 3 heterocycles. The van der Waals surface area contributed by atoms with Gasteiger partial charge in [-0.1, -0.05) is 58.0 Å². The number of alkyl halides is 1. The summed E-state index contributed by atoms with van der Waals surface area (Å²) in [5, 5.41) is 16.1. The molecular weight excluding hydrogens is 794 g/mol. The lowest BCUT2D eigenvalue weighted by Gasteiger charge is -2.47. The maximum absolute atomic E-state index is 16.9. The smallest absolute Gasteiger partial charge is 0.411 e. The van der Waals surface area contributed by atoms with Crippen LogP contribution in [0.1, 0.15) is 81.1 Å². The Morgan fingerprint density at radius 1 is 1.02 bits per heavy atom. The van der Waals surface area contributed by atoms with E-state index in [1.54, 1.807) is 33.8 Å². The molecule has 338 valence electrons. The number of halogens is 1. The molecule has 0 aromatic heterocycles. The van der Waals surface area contributed by atoms with E-state index in [1.807, 2.05) is 62.3 Å². The number of fused-ring (bicyclic) bond motifs is 2. The monoisotopic (exact) mass is 857 g/mol. The van der Waals surface area contributed by atoms with Crippen molar-refractivity contribution in [2.24, 2.45) is 17.8 Å². The van der Waals surface area contributed by atoms with Crippen LogP contribution in [0.2, 0.25) is 0 Å². The fourth-order valence-electron chi connectivity index (χ4n) is 9.53. The summed E-state index contributed by atoms with van der Waals surface area (Å²) >= 11 is 0. The molecule has 0 bridgehead atoms. The molecule has 3 aliphatic heterocycles. The number of esters is 1. The normalized spacial score (nSPS) is 36.6. The third-order valence-corrected chi connectivity index (χ3v) is 13.0. The zero-order chi connectivity index (χ0) is 45.2. The van der Waals surface area contributed by atoms with Crippen LogP contribution < -0.4 is 5.32 Å². The van der Waals surface area contributed by atoms with Gasteiger partial charge in [-0.3, -0.25) is 14.9 Å². The van der Waals surface area contributed by atoms with Gasteiger partial charge < -0.3 is 43.3 Å². The van der Waals surface area contributed by atoms with Gasteiger partial charge in [0.1, 0.15) is 18.0 Å². The molecule has 2 N–H and O–H groups in total. The van der Waals surface area contributed by atoms with Gasteiger partial charge in [0, 0.05) is 43.1 Å². The summed E-state index contributed by atoms with van der Waals surface area (Å²) < 4.78 is 52.7. The fourth-order valence-corrected chi connectivity index (χ4v) is 9.53. The number of aliphatic hydroxyl groups is 1. The lowest BCUT2D eigenvalue weighted by Crippen LogP contribution is -2.61. The van der Waals surface area contributed by atoms with Crippen molar-refractivity contribution < 1.29 is 61.9 Å². The summed E-state index contributed by atoms with van der Waals surface area (Å²) in [4.78, 5) is 72.6. The Morgan fingerprint density at radius 3 is 2.33 bits per heavy atom. The van der Waals surface area contributed by atoms with E-state index in [0.717, 1.165) is 17.7 Å². The third-order valence-electron chi connectivity index (χ3n) is 13.0. The highest BCUT2D eigenvalue weighted by Gasteiger charge is 2.61. The first kappa shape index (κ1) is 47.8. The number of Topliss-reactive ketones (excluding diaryl/α,β-unsaturated/α-hetero) is 2. The van der Waals surface area contributed by atoms with Crippen LogP contribution in [0.3, 0.4) is 0 Å². The summed E-state index contributed by atoms with van der Waals surface area (Å²) in [6.07, 6.45) is -6.33. The Balaban J connectivity index is 1.43. The molecule has 3 saturated heterocycles.